The second-order valence-electron chi connectivity index (χ2n) is 6.30. The van der Waals surface area contributed by atoms with Crippen LogP contribution in [0.15, 0.2) is 42.5 Å². The van der Waals surface area contributed by atoms with Gasteiger partial charge in [-0.25, -0.2) is 4.79 Å². The summed E-state index contributed by atoms with van der Waals surface area (Å²) in [5, 5.41) is 13.7. The number of benzene rings is 2. The van der Waals surface area contributed by atoms with Crippen LogP contribution in [-0.4, -0.2) is 54.9 Å². The van der Waals surface area contributed by atoms with Crippen molar-refractivity contribution in [2.75, 3.05) is 32.6 Å². The van der Waals surface area contributed by atoms with Crippen LogP contribution in [-0.2, 0) is 9.53 Å². The number of ether oxygens (including phenoxy) is 2. The summed E-state index contributed by atoms with van der Waals surface area (Å²) in [6.07, 6.45) is 0. The highest BCUT2D eigenvalue weighted by atomic mass is 16.6. The van der Waals surface area contributed by atoms with Gasteiger partial charge in [0.15, 0.2) is 6.61 Å². The van der Waals surface area contributed by atoms with Crippen LogP contribution in [0.1, 0.15) is 27.6 Å². The van der Waals surface area contributed by atoms with E-state index < -0.39 is 22.5 Å². The number of nitro groups is 1. The van der Waals surface area contributed by atoms with Gasteiger partial charge >= 0.3 is 5.97 Å². The minimum absolute atomic E-state index is 0.0656. The zero-order valence-corrected chi connectivity index (χ0v) is 16.7. The molecule has 0 saturated heterocycles. The number of nitrogens with one attached hydrogen (secondary N) is 1. The molecule has 0 atom stereocenters. The van der Waals surface area contributed by atoms with Gasteiger partial charge in [-0.2, -0.15) is 0 Å². The summed E-state index contributed by atoms with van der Waals surface area (Å²) in [7, 11) is 3.23. The highest BCUT2D eigenvalue weighted by molar-refractivity contribution is 6.06. The van der Waals surface area contributed by atoms with Gasteiger partial charge in [-0.1, -0.05) is 0 Å². The van der Waals surface area contributed by atoms with Gasteiger partial charge in [-0.05, 0) is 37.3 Å². The molecule has 0 aromatic heterocycles. The maximum atomic E-state index is 12.5. The molecule has 30 heavy (non-hydrogen) atoms. The van der Waals surface area contributed by atoms with Gasteiger partial charge in [0.2, 0.25) is 0 Å². The Hall–Kier alpha value is -3.95. The zero-order valence-electron chi connectivity index (χ0n) is 16.7. The molecule has 2 amide bonds. The van der Waals surface area contributed by atoms with Crippen molar-refractivity contribution < 1.29 is 28.8 Å². The molecule has 1 N–H and O–H groups in total. The van der Waals surface area contributed by atoms with Crippen molar-refractivity contribution in [2.24, 2.45) is 0 Å². The standard InChI is InChI=1S/C20H21N3O7/c1-4-29-20(26)14-9-13(10-16(11-14)23(27)28)19(25)21-15-5-7-17(8-6-15)30-12-18(24)22(2)3/h5-11H,4,12H2,1-3H3,(H,21,25). The Morgan fingerprint density at radius 3 is 2.27 bits per heavy atom. The minimum atomic E-state index is -0.760. The van der Waals surface area contributed by atoms with Gasteiger partial charge in [0.05, 0.1) is 17.1 Å². The van der Waals surface area contributed by atoms with Crippen LogP contribution in [0.3, 0.4) is 0 Å². The maximum Gasteiger partial charge on any atom is 0.338 e. The van der Waals surface area contributed by atoms with E-state index in [-0.39, 0.29) is 30.2 Å². The van der Waals surface area contributed by atoms with E-state index in [9.17, 15) is 24.5 Å². The monoisotopic (exact) mass is 415 g/mol. The second-order valence-corrected chi connectivity index (χ2v) is 6.30. The van der Waals surface area contributed by atoms with E-state index in [1.165, 1.54) is 11.0 Å². The SMILES string of the molecule is CCOC(=O)c1cc(C(=O)Nc2ccc(OCC(=O)N(C)C)cc2)cc([N+](=O)[O-])c1. The van der Waals surface area contributed by atoms with Gasteiger partial charge in [0, 0.05) is 37.5 Å². The van der Waals surface area contributed by atoms with Crippen LogP contribution in [0.2, 0.25) is 0 Å². The molecule has 0 aliphatic carbocycles. The van der Waals surface area contributed by atoms with Gasteiger partial charge in [0.1, 0.15) is 5.75 Å². The molecule has 2 rings (SSSR count). The predicted molar refractivity (Wildman–Crippen MR) is 108 cm³/mol. The highest BCUT2D eigenvalue weighted by Crippen LogP contribution is 2.21. The summed E-state index contributed by atoms with van der Waals surface area (Å²) in [5.41, 5.74) is -0.162. The number of rotatable bonds is 8. The van der Waals surface area contributed by atoms with Crippen molar-refractivity contribution in [1.82, 2.24) is 4.90 Å². The van der Waals surface area contributed by atoms with Gasteiger partial charge in [-0.15, -0.1) is 0 Å². The Bertz CT molecular complexity index is 955. The third kappa shape index (κ3) is 6.03. The Balaban J connectivity index is 2.14. The average Bonchev–Trinajstić information content (AvgIpc) is 2.72. The average molecular weight is 415 g/mol. The van der Waals surface area contributed by atoms with E-state index >= 15 is 0 Å². The fraction of sp³-hybridized carbons (Fsp3) is 0.250. The van der Waals surface area contributed by atoms with E-state index in [0.29, 0.717) is 11.4 Å². The quantitative estimate of drug-likeness (QED) is 0.398. The molecular weight excluding hydrogens is 394 g/mol. The number of carbonyl (C=O) groups is 3. The number of nitrogens with zero attached hydrogens (tertiary/aromatic N) is 2. The smallest absolute Gasteiger partial charge is 0.338 e. The fourth-order valence-electron chi connectivity index (χ4n) is 2.29. The van der Waals surface area contributed by atoms with Crippen LogP contribution < -0.4 is 10.1 Å². The van der Waals surface area contributed by atoms with Gasteiger partial charge < -0.3 is 19.7 Å². The lowest BCUT2D eigenvalue weighted by Gasteiger charge is -2.12. The molecule has 2 aromatic rings. The van der Waals surface area contributed by atoms with E-state index in [0.717, 1.165) is 12.1 Å². The number of nitro benzene ring substituents is 1. The first-order valence-corrected chi connectivity index (χ1v) is 8.92. The molecule has 0 aliphatic heterocycles. The lowest BCUT2D eigenvalue weighted by atomic mass is 10.1. The summed E-state index contributed by atoms with van der Waals surface area (Å²) in [4.78, 5) is 47.8. The number of esters is 1. The van der Waals surface area contributed by atoms with E-state index in [4.69, 9.17) is 9.47 Å². The van der Waals surface area contributed by atoms with Crippen LogP contribution in [0.4, 0.5) is 11.4 Å². The van der Waals surface area contributed by atoms with Crippen molar-refractivity contribution in [3.05, 3.63) is 63.7 Å². The Morgan fingerprint density at radius 2 is 1.70 bits per heavy atom. The summed E-state index contributed by atoms with van der Waals surface area (Å²) >= 11 is 0. The molecule has 0 spiro atoms. The molecule has 10 nitrogen and oxygen atoms in total. The van der Waals surface area contributed by atoms with E-state index in [1.807, 2.05) is 0 Å². The first-order valence-electron chi connectivity index (χ1n) is 8.92. The van der Waals surface area contributed by atoms with Crippen molar-refractivity contribution in [1.29, 1.82) is 0 Å². The lowest BCUT2D eigenvalue weighted by Crippen LogP contribution is -2.27. The molecule has 0 saturated carbocycles. The predicted octanol–water partition coefficient (Wildman–Crippen LogP) is 2.49. The third-order valence-electron chi connectivity index (χ3n) is 3.88. The van der Waals surface area contributed by atoms with E-state index in [2.05, 4.69) is 5.32 Å². The highest BCUT2D eigenvalue weighted by Gasteiger charge is 2.19. The van der Waals surface area contributed by atoms with E-state index in [1.54, 1.807) is 45.3 Å². The molecule has 2 aromatic carbocycles. The molecule has 0 bridgehead atoms. The summed E-state index contributed by atoms with van der Waals surface area (Å²) in [5.74, 6) is -1.16. The number of hydrogen-bond acceptors (Lipinski definition) is 7. The molecule has 0 aliphatic rings. The molecule has 0 heterocycles. The van der Waals surface area contributed by atoms with Crippen LogP contribution in [0.5, 0.6) is 5.75 Å². The Labute approximate surface area is 172 Å². The van der Waals surface area contributed by atoms with Crippen molar-refractivity contribution >= 4 is 29.2 Å². The van der Waals surface area contributed by atoms with Crippen molar-refractivity contribution in [3.63, 3.8) is 0 Å². The number of amides is 2. The fourth-order valence-corrected chi connectivity index (χ4v) is 2.29. The largest absolute Gasteiger partial charge is 0.484 e. The van der Waals surface area contributed by atoms with Gasteiger partial charge in [-0.3, -0.25) is 19.7 Å². The molecule has 0 unspecified atom stereocenters. The topological polar surface area (TPSA) is 128 Å². The lowest BCUT2D eigenvalue weighted by molar-refractivity contribution is -0.384. The summed E-state index contributed by atoms with van der Waals surface area (Å²) in [6, 6.07) is 9.59. The molecule has 0 radical (unpaired) electrons. The third-order valence-corrected chi connectivity index (χ3v) is 3.88. The molecule has 0 fully saturated rings. The van der Waals surface area contributed by atoms with Crippen LogP contribution >= 0.6 is 0 Å². The zero-order chi connectivity index (χ0) is 22.3. The van der Waals surface area contributed by atoms with Crippen LogP contribution in [0, 0.1) is 10.1 Å². The number of likely N-dealkylation sites (N-methyl/N-ethyl adjacent to an activating group) is 1. The van der Waals surface area contributed by atoms with Crippen LogP contribution in [0.25, 0.3) is 0 Å². The normalized spacial score (nSPS) is 10.1. The molecular formula is C20H21N3O7. The number of anilines is 1. The summed E-state index contributed by atoms with van der Waals surface area (Å²) < 4.78 is 10.2. The number of non-ortho nitro benzene ring substituents is 1. The molecule has 158 valence electrons. The first-order chi connectivity index (χ1) is 14.2. The number of hydrogen-bond donors (Lipinski definition) is 1. The van der Waals surface area contributed by atoms with Crippen molar-refractivity contribution in [3.8, 4) is 5.75 Å². The van der Waals surface area contributed by atoms with Crippen molar-refractivity contribution in [2.45, 2.75) is 6.92 Å². The second kappa shape index (κ2) is 10.0. The summed E-state index contributed by atoms with van der Waals surface area (Å²) in [6.45, 7) is 1.58. The minimum Gasteiger partial charge on any atom is -0.484 e. The number of carbonyl (C=O) groups excluding carboxylic acids is 3. The Kier molecular flexibility index (Phi) is 7.45. The maximum absolute atomic E-state index is 12.5. The molecule has 10 heteroatoms. The van der Waals surface area contributed by atoms with Gasteiger partial charge in [0.25, 0.3) is 17.5 Å². The Morgan fingerprint density at radius 1 is 1.07 bits per heavy atom. The first kappa shape index (κ1) is 22.3.